The normalized spacial score (nSPS) is 11.3. The van der Waals surface area contributed by atoms with Crippen LogP contribution < -0.4 is 4.74 Å². The number of aromatic carboxylic acids is 1. The summed E-state index contributed by atoms with van der Waals surface area (Å²) in [7, 11) is 0. The molecule has 0 amide bonds. The maximum Gasteiger partial charge on any atom is 0.335 e. The summed E-state index contributed by atoms with van der Waals surface area (Å²) in [6, 6.07) is 3.25. The van der Waals surface area contributed by atoms with Crippen molar-refractivity contribution in [2.45, 2.75) is 32.3 Å². The van der Waals surface area contributed by atoms with Crippen LogP contribution in [-0.2, 0) is 0 Å². The minimum absolute atomic E-state index is 0.00249. The smallest absolute Gasteiger partial charge is 0.335 e. The fourth-order valence-electron chi connectivity index (χ4n) is 1.44. The van der Waals surface area contributed by atoms with Crippen molar-refractivity contribution in [2.75, 3.05) is 6.61 Å². The fraction of sp³-hybridized carbons (Fsp3) is 0.462. The summed E-state index contributed by atoms with van der Waals surface area (Å²) in [5, 5.41) is 18.8. The Kier molecular flexibility index (Phi) is 4.67. The third kappa shape index (κ3) is 3.70. The molecular weight excluding hydrogens is 239 g/mol. The van der Waals surface area contributed by atoms with Crippen molar-refractivity contribution in [1.29, 1.82) is 0 Å². The van der Waals surface area contributed by atoms with Crippen LogP contribution in [0.15, 0.2) is 18.2 Å². The van der Waals surface area contributed by atoms with Crippen molar-refractivity contribution in [3.63, 3.8) is 0 Å². The summed E-state index contributed by atoms with van der Waals surface area (Å²) >= 11 is 0. The Labute approximate surface area is 105 Å². The van der Waals surface area contributed by atoms with Gasteiger partial charge >= 0.3 is 5.97 Å². The van der Waals surface area contributed by atoms with E-state index in [2.05, 4.69) is 0 Å². The summed E-state index contributed by atoms with van der Waals surface area (Å²) in [5.41, 5.74) is -1.16. The van der Waals surface area contributed by atoms with E-state index in [4.69, 9.17) is 9.84 Å². The number of rotatable bonds is 6. The highest BCUT2D eigenvalue weighted by molar-refractivity contribution is 5.88. The third-order valence-corrected chi connectivity index (χ3v) is 2.94. The van der Waals surface area contributed by atoms with E-state index in [-0.39, 0.29) is 17.9 Å². The van der Waals surface area contributed by atoms with Crippen LogP contribution >= 0.6 is 0 Å². The van der Waals surface area contributed by atoms with Gasteiger partial charge in [0.1, 0.15) is 18.2 Å². The largest absolute Gasteiger partial charge is 0.490 e. The molecule has 2 N–H and O–H groups in total. The number of carbonyl (C=O) groups is 1. The molecule has 18 heavy (non-hydrogen) atoms. The van der Waals surface area contributed by atoms with E-state index in [1.807, 2.05) is 13.8 Å². The molecule has 4 nitrogen and oxygen atoms in total. The van der Waals surface area contributed by atoms with Gasteiger partial charge in [-0.15, -0.1) is 0 Å². The molecule has 0 aliphatic rings. The van der Waals surface area contributed by atoms with Crippen molar-refractivity contribution in [1.82, 2.24) is 0 Å². The van der Waals surface area contributed by atoms with Crippen molar-refractivity contribution in [3.8, 4) is 5.75 Å². The van der Waals surface area contributed by atoms with Gasteiger partial charge in [0.05, 0.1) is 11.2 Å². The third-order valence-electron chi connectivity index (χ3n) is 2.94. The number of aliphatic hydroxyl groups is 1. The van der Waals surface area contributed by atoms with Crippen LogP contribution in [0.5, 0.6) is 5.75 Å². The van der Waals surface area contributed by atoms with E-state index >= 15 is 0 Å². The first-order valence-electron chi connectivity index (χ1n) is 5.79. The number of carboxylic acids is 1. The second-order valence-corrected chi connectivity index (χ2v) is 4.20. The molecule has 1 aromatic carbocycles. The first-order valence-corrected chi connectivity index (χ1v) is 5.79. The predicted octanol–water partition coefficient (Wildman–Crippen LogP) is 2.45. The molecule has 0 aliphatic heterocycles. The molecule has 0 fully saturated rings. The van der Waals surface area contributed by atoms with Crippen molar-refractivity contribution in [2.24, 2.45) is 0 Å². The molecule has 0 spiro atoms. The zero-order chi connectivity index (χ0) is 13.8. The number of hydrogen-bond acceptors (Lipinski definition) is 3. The van der Waals surface area contributed by atoms with Gasteiger partial charge < -0.3 is 14.9 Å². The van der Waals surface area contributed by atoms with Gasteiger partial charge in [-0.05, 0) is 25.0 Å². The summed E-state index contributed by atoms with van der Waals surface area (Å²) in [4.78, 5) is 10.7. The molecule has 0 aliphatic carbocycles. The SMILES string of the molecule is CCC(O)(CC)COc1cc(F)cc(C(=O)O)c1. The Morgan fingerprint density at radius 1 is 1.33 bits per heavy atom. The first kappa shape index (κ1) is 14.4. The molecule has 0 bridgehead atoms. The second kappa shape index (κ2) is 5.82. The summed E-state index contributed by atoms with van der Waals surface area (Å²) in [6.07, 6.45) is 1.01. The summed E-state index contributed by atoms with van der Waals surface area (Å²) in [5.74, 6) is -1.80. The molecule has 100 valence electrons. The Morgan fingerprint density at radius 2 is 1.94 bits per heavy atom. The lowest BCUT2D eigenvalue weighted by molar-refractivity contribution is -0.0114. The molecule has 0 unspecified atom stereocenters. The minimum atomic E-state index is -1.22. The maximum absolute atomic E-state index is 13.2. The maximum atomic E-state index is 13.2. The molecule has 1 rings (SSSR count). The molecule has 1 aromatic rings. The number of hydrogen-bond donors (Lipinski definition) is 2. The van der Waals surface area contributed by atoms with Gasteiger partial charge in [0.2, 0.25) is 0 Å². The van der Waals surface area contributed by atoms with Crippen molar-refractivity contribution >= 4 is 5.97 Å². The highest BCUT2D eigenvalue weighted by Gasteiger charge is 2.23. The average molecular weight is 256 g/mol. The van der Waals surface area contributed by atoms with E-state index in [0.717, 1.165) is 12.1 Å². The highest BCUT2D eigenvalue weighted by atomic mass is 19.1. The molecule has 0 radical (unpaired) electrons. The molecule has 0 aromatic heterocycles. The fourth-order valence-corrected chi connectivity index (χ4v) is 1.44. The van der Waals surface area contributed by atoms with Gasteiger partial charge in [-0.2, -0.15) is 0 Å². The number of benzene rings is 1. The van der Waals surface area contributed by atoms with Crippen LogP contribution in [0, 0.1) is 5.82 Å². The number of halogens is 1. The lowest BCUT2D eigenvalue weighted by Crippen LogP contribution is -2.34. The molecule has 0 atom stereocenters. The van der Waals surface area contributed by atoms with Gasteiger partial charge in [-0.3, -0.25) is 0 Å². The van der Waals surface area contributed by atoms with Crippen molar-refractivity contribution < 1.29 is 24.1 Å². The van der Waals surface area contributed by atoms with Crippen LogP contribution in [-0.4, -0.2) is 28.4 Å². The molecule has 5 heteroatoms. The van der Waals surface area contributed by atoms with E-state index in [1.54, 1.807) is 0 Å². The van der Waals surface area contributed by atoms with E-state index in [0.29, 0.717) is 12.8 Å². The van der Waals surface area contributed by atoms with Crippen LogP contribution in [0.25, 0.3) is 0 Å². The van der Waals surface area contributed by atoms with Gasteiger partial charge in [-0.1, -0.05) is 13.8 Å². The number of carboxylic acid groups (broad SMARTS) is 1. The first-order chi connectivity index (χ1) is 8.40. The lowest BCUT2D eigenvalue weighted by atomic mass is 9.99. The van der Waals surface area contributed by atoms with Crippen molar-refractivity contribution in [3.05, 3.63) is 29.6 Å². The second-order valence-electron chi connectivity index (χ2n) is 4.20. The zero-order valence-corrected chi connectivity index (χ0v) is 10.4. The summed E-state index contributed by atoms with van der Waals surface area (Å²) in [6.45, 7) is 3.64. The quantitative estimate of drug-likeness (QED) is 0.820. The summed E-state index contributed by atoms with van der Waals surface area (Å²) < 4.78 is 18.4. The van der Waals surface area contributed by atoms with E-state index in [1.165, 1.54) is 6.07 Å². The van der Waals surface area contributed by atoms with Crippen LogP contribution in [0.2, 0.25) is 0 Å². The van der Waals surface area contributed by atoms with E-state index in [9.17, 15) is 14.3 Å². The molecule has 0 saturated carbocycles. The highest BCUT2D eigenvalue weighted by Crippen LogP contribution is 2.20. The Bertz CT molecular complexity index is 427. The standard InChI is InChI=1S/C13H17FO4/c1-3-13(17,4-2)8-18-11-6-9(12(15)16)5-10(14)7-11/h5-7,17H,3-4,8H2,1-2H3,(H,15,16). The zero-order valence-electron chi connectivity index (χ0n) is 10.4. The molecule has 0 saturated heterocycles. The molecular formula is C13H17FO4. The van der Waals surface area contributed by atoms with E-state index < -0.39 is 17.4 Å². The van der Waals surface area contributed by atoms with Gasteiger partial charge in [-0.25, -0.2) is 9.18 Å². The van der Waals surface area contributed by atoms with Crippen LogP contribution in [0.1, 0.15) is 37.0 Å². The van der Waals surface area contributed by atoms with Crippen LogP contribution in [0.4, 0.5) is 4.39 Å². The monoisotopic (exact) mass is 256 g/mol. The number of ether oxygens (including phenoxy) is 1. The Morgan fingerprint density at radius 3 is 2.44 bits per heavy atom. The lowest BCUT2D eigenvalue weighted by Gasteiger charge is -2.25. The average Bonchev–Trinajstić information content (AvgIpc) is 2.35. The molecule has 0 heterocycles. The topological polar surface area (TPSA) is 66.8 Å². The predicted molar refractivity (Wildman–Crippen MR) is 64.4 cm³/mol. The van der Waals surface area contributed by atoms with Gasteiger partial charge in [0.15, 0.2) is 0 Å². The van der Waals surface area contributed by atoms with Crippen LogP contribution in [0.3, 0.4) is 0 Å². The Hall–Kier alpha value is -1.62. The Balaban J connectivity index is 2.82. The van der Waals surface area contributed by atoms with Gasteiger partial charge in [0, 0.05) is 6.07 Å². The van der Waals surface area contributed by atoms with Gasteiger partial charge in [0.25, 0.3) is 0 Å². The minimum Gasteiger partial charge on any atom is -0.490 e.